The number of carbonyl (C=O) groups excluding carboxylic acids is 1. The first-order chi connectivity index (χ1) is 13.8. The minimum absolute atomic E-state index is 0.154. The van der Waals surface area contributed by atoms with Gasteiger partial charge in [0.1, 0.15) is 5.39 Å². The Morgan fingerprint density at radius 2 is 1.83 bits per heavy atom. The molecular formula is C22H23N5O2. The van der Waals surface area contributed by atoms with Crippen LogP contribution in [-0.4, -0.2) is 25.2 Å². The quantitative estimate of drug-likeness (QED) is 0.579. The third kappa shape index (κ3) is 3.63. The minimum Gasteiger partial charge on any atom is -0.325 e. The molecule has 29 heavy (non-hydrogen) atoms. The normalized spacial score (nSPS) is 11.8. The Labute approximate surface area is 168 Å². The first-order valence-corrected chi connectivity index (χ1v) is 9.56. The molecule has 0 aliphatic rings. The van der Waals surface area contributed by atoms with Crippen molar-refractivity contribution in [2.45, 2.75) is 39.3 Å². The van der Waals surface area contributed by atoms with Crippen molar-refractivity contribution in [2.24, 2.45) is 0 Å². The Morgan fingerprint density at radius 1 is 1.07 bits per heavy atom. The zero-order chi connectivity index (χ0) is 20.6. The third-order valence-electron chi connectivity index (χ3n) is 4.83. The fraction of sp³-hybridized carbons (Fsp3) is 0.273. The van der Waals surface area contributed by atoms with Crippen LogP contribution in [0.15, 0.2) is 59.8 Å². The Bertz CT molecular complexity index is 1260. The van der Waals surface area contributed by atoms with Crippen LogP contribution in [0, 0.1) is 0 Å². The average Bonchev–Trinajstić information content (AvgIpc) is 3.13. The van der Waals surface area contributed by atoms with Crippen molar-refractivity contribution in [1.82, 2.24) is 19.3 Å². The van der Waals surface area contributed by atoms with Crippen LogP contribution in [0.3, 0.4) is 0 Å². The number of nitrogens with zero attached hydrogens (tertiary/aromatic N) is 4. The van der Waals surface area contributed by atoms with Gasteiger partial charge in [0.25, 0.3) is 5.56 Å². The predicted octanol–water partition coefficient (Wildman–Crippen LogP) is 3.53. The van der Waals surface area contributed by atoms with E-state index in [0.717, 1.165) is 16.5 Å². The maximum absolute atomic E-state index is 12.8. The van der Waals surface area contributed by atoms with Crippen LogP contribution < -0.4 is 10.9 Å². The number of aromatic nitrogens is 4. The molecule has 2 heterocycles. The molecule has 1 N–H and O–H groups in total. The van der Waals surface area contributed by atoms with E-state index in [4.69, 9.17) is 0 Å². The minimum atomic E-state index is -0.272. The number of hydrogen-bond donors (Lipinski definition) is 1. The highest BCUT2D eigenvalue weighted by Gasteiger charge is 2.19. The second-order valence-electron chi connectivity index (χ2n) is 8.03. The van der Waals surface area contributed by atoms with Crippen molar-refractivity contribution < 1.29 is 4.79 Å². The average molecular weight is 389 g/mol. The number of amides is 1. The van der Waals surface area contributed by atoms with E-state index in [1.165, 1.54) is 10.9 Å². The highest BCUT2D eigenvalue weighted by atomic mass is 16.2. The van der Waals surface area contributed by atoms with Crippen molar-refractivity contribution in [2.75, 3.05) is 5.32 Å². The zero-order valence-corrected chi connectivity index (χ0v) is 16.7. The summed E-state index contributed by atoms with van der Waals surface area (Å²) in [6.45, 7) is 6.26. The van der Waals surface area contributed by atoms with E-state index in [1.807, 2.05) is 63.2 Å². The van der Waals surface area contributed by atoms with E-state index in [2.05, 4.69) is 15.4 Å². The molecule has 0 unspecified atom stereocenters. The Balaban J connectivity index is 1.51. The molecule has 0 saturated carbocycles. The molecule has 4 aromatic rings. The summed E-state index contributed by atoms with van der Waals surface area (Å²) in [5.74, 6) is -0.154. The molecule has 0 aliphatic heterocycles. The number of fused-ring (bicyclic) bond motifs is 2. The Hall–Kier alpha value is -3.48. The number of anilines is 1. The largest absolute Gasteiger partial charge is 0.325 e. The van der Waals surface area contributed by atoms with E-state index >= 15 is 0 Å². The lowest BCUT2D eigenvalue weighted by Gasteiger charge is -2.19. The van der Waals surface area contributed by atoms with Gasteiger partial charge in [0.05, 0.1) is 18.1 Å². The van der Waals surface area contributed by atoms with Crippen molar-refractivity contribution in [3.8, 4) is 0 Å². The standard InChI is InChI=1S/C22H23N5O2/c1-22(2,3)27-20-17(13-24-27)21(29)26(14-23-20)12-11-19(28)25-18-10-6-8-15-7-4-5-9-16(15)18/h4-10,13-14H,11-12H2,1-3H3,(H,25,28). The van der Waals surface area contributed by atoms with Gasteiger partial charge in [-0.05, 0) is 32.2 Å². The molecule has 0 aliphatic carbocycles. The molecule has 0 bridgehead atoms. The van der Waals surface area contributed by atoms with Crippen LogP contribution in [0.25, 0.3) is 21.8 Å². The molecule has 7 heteroatoms. The molecule has 0 fully saturated rings. The maximum Gasteiger partial charge on any atom is 0.264 e. The SMILES string of the molecule is CC(C)(C)n1ncc2c(=O)n(CCC(=O)Nc3cccc4ccccc34)cnc21. The Kier molecular flexibility index (Phi) is 4.66. The smallest absolute Gasteiger partial charge is 0.264 e. The zero-order valence-electron chi connectivity index (χ0n) is 16.7. The van der Waals surface area contributed by atoms with E-state index in [0.29, 0.717) is 11.0 Å². The number of rotatable bonds is 4. The molecule has 7 nitrogen and oxygen atoms in total. The summed E-state index contributed by atoms with van der Waals surface area (Å²) in [7, 11) is 0. The topological polar surface area (TPSA) is 81.8 Å². The van der Waals surface area contributed by atoms with Gasteiger partial charge in [-0.15, -0.1) is 0 Å². The first-order valence-electron chi connectivity index (χ1n) is 9.56. The van der Waals surface area contributed by atoms with Gasteiger partial charge in [0.2, 0.25) is 5.91 Å². The summed E-state index contributed by atoms with van der Waals surface area (Å²) in [5, 5.41) is 9.76. The van der Waals surface area contributed by atoms with Gasteiger partial charge < -0.3 is 5.32 Å². The van der Waals surface area contributed by atoms with Gasteiger partial charge >= 0.3 is 0 Å². The van der Waals surface area contributed by atoms with E-state index in [-0.39, 0.29) is 30.0 Å². The molecule has 0 spiro atoms. The molecule has 0 saturated heterocycles. The van der Waals surface area contributed by atoms with Gasteiger partial charge in [-0.2, -0.15) is 5.10 Å². The number of hydrogen-bond acceptors (Lipinski definition) is 4. The lowest BCUT2D eigenvalue weighted by atomic mass is 10.1. The molecular weight excluding hydrogens is 366 g/mol. The van der Waals surface area contributed by atoms with Gasteiger partial charge in [-0.3, -0.25) is 14.2 Å². The van der Waals surface area contributed by atoms with Crippen molar-refractivity contribution >= 4 is 33.4 Å². The monoisotopic (exact) mass is 389 g/mol. The first kappa shape index (κ1) is 18.9. The van der Waals surface area contributed by atoms with Crippen LogP contribution >= 0.6 is 0 Å². The lowest BCUT2D eigenvalue weighted by molar-refractivity contribution is -0.116. The summed E-state index contributed by atoms with van der Waals surface area (Å²) >= 11 is 0. The van der Waals surface area contributed by atoms with Crippen molar-refractivity contribution in [3.05, 3.63) is 65.3 Å². The summed E-state index contributed by atoms with van der Waals surface area (Å²) in [5.41, 5.74) is 0.856. The Morgan fingerprint density at radius 3 is 2.62 bits per heavy atom. The van der Waals surface area contributed by atoms with Gasteiger partial charge in [-0.1, -0.05) is 36.4 Å². The summed E-state index contributed by atoms with van der Waals surface area (Å²) < 4.78 is 3.20. The number of carbonyl (C=O) groups is 1. The lowest BCUT2D eigenvalue weighted by Crippen LogP contribution is -2.26. The maximum atomic E-state index is 12.8. The van der Waals surface area contributed by atoms with E-state index in [1.54, 1.807) is 10.9 Å². The fourth-order valence-corrected chi connectivity index (χ4v) is 3.37. The molecule has 148 valence electrons. The number of aryl methyl sites for hydroxylation is 1. The predicted molar refractivity (Wildman–Crippen MR) is 114 cm³/mol. The van der Waals surface area contributed by atoms with Gasteiger partial charge in [0, 0.05) is 24.0 Å². The van der Waals surface area contributed by atoms with Crippen LogP contribution in [0.2, 0.25) is 0 Å². The van der Waals surface area contributed by atoms with Crippen LogP contribution in [-0.2, 0) is 16.9 Å². The van der Waals surface area contributed by atoms with Gasteiger partial charge in [0.15, 0.2) is 5.65 Å². The number of nitrogens with one attached hydrogen (secondary N) is 1. The number of benzene rings is 2. The highest BCUT2D eigenvalue weighted by molar-refractivity contribution is 6.02. The fourth-order valence-electron chi connectivity index (χ4n) is 3.37. The van der Waals surface area contributed by atoms with Crippen molar-refractivity contribution in [3.63, 3.8) is 0 Å². The van der Waals surface area contributed by atoms with Gasteiger partial charge in [-0.25, -0.2) is 9.67 Å². The summed E-state index contributed by atoms with van der Waals surface area (Å²) in [4.78, 5) is 29.6. The van der Waals surface area contributed by atoms with E-state index in [9.17, 15) is 9.59 Å². The van der Waals surface area contributed by atoms with Crippen LogP contribution in [0.5, 0.6) is 0 Å². The molecule has 2 aromatic carbocycles. The second kappa shape index (κ2) is 7.16. The molecule has 1 amide bonds. The van der Waals surface area contributed by atoms with Crippen LogP contribution in [0.1, 0.15) is 27.2 Å². The molecule has 0 atom stereocenters. The van der Waals surface area contributed by atoms with Crippen molar-refractivity contribution in [1.29, 1.82) is 0 Å². The molecule has 4 rings (SSSR count). The van der Waals surface area contributed by atoms with Crippen LogP contribution in [0.4, 0.5) is 5.69 Å². The highest BCUT2D eigenvalue weighted by Crippen LogP contribution is 2.23. The summed E-state index contributed by atoms with van der Waals surface area (Å²) in [6, 6.07) is 13.7. The third-order valence-corrected chi connectivity index (χ3v) is 4.83. The second-order valence-corrected chi connectivity index (χ2v) is 8.03. The van der Waals surface area contributed by atoms with E-state index < -0.39 is 0 Å². The molecule has 0 radical (unpaired) electrons. The summed E-state index contributed by atoms with van der Waals surface area (Å²) in [6.07, 6.45) is 3.20. The molecule has 2 aromatic heterocycles.